The number of rotatable bonds is 7. The van der Waals surface area contributed by atoms with E-state index in [2.05, 4.69) is 25.0 Å². The van der Waals surface area contributed by atoms with Crippen molar-refractivity contribution < 1.29 is 9.18 Å². The fraction of sp³-hybridized carbons (Fsp3) is 0.562. The molecule has 1 saturated heterocycles. The Morgan fingerprint density at radius 1 is 1.32 bits per heavy atom. The molecule has 0 spiro atoms. The molecule has 134 valence electrons. The van der Waals surface area contributed by atoms with Crippen molar-refractivity contribution in [2.45, 2.75) is 38.1 Å². The van der Waals surface area contributed by atoms with Crippen LogP contribution in [0.2, 0.25) is 0 Å². The van der Waals surface area contributed by atoms with Crippen LogP contribution in [0.5, 0.6) is 0 Å². The number of carbonyl (C=O) groups excluding carboxylic acids is 1. The van der Waals surface area contributed by atoms with E-state index < -0.39 is 6.17 Å². The summed E-state index contributed by atoms with van der Waals surface area (Å²) in [6.45, 7) is 1.96. The third-order valence-corrected chi connectivity index (χ3v) is 4.41. The predicted molar refractivity (Wildman–Crippen MR) is 88.0 cm³/mol. The van der Waals surface area contributed by atoms with Gasteiger partial charge in [0.05, 0.1) is 6.54 Å². The standard InChI is InChI=1S/C16H22FN7O/c1-22(16(25)2-3-24-12-20-11-21-24)9-15-4-14(17)8-23(15)7-13-5-18-10-19-6-13/h5-6,10-12,14-15H,2-4,7-9H2,1H3/t14-,15-/m0/s1. The van der Waals surface area contributed by atoms with Gasteiger partial charge in [-0.2, -0.15) is 5.10 Å². The molecule has 9 heteroatoms. The average molecular weight is 347 g/mol. The second-order valence-corrected chi connectivity index (χ2v) is 6.35. The molecule has 8 nitrogen and oxygen atoms in total. The van der Waals surface area contributed by atoms with E-state index in [1.165, 1.54) is 12.7 Å². The van der Waals surface area contributed by atoms with Crippen molar-refractivity contribution in [3.05, 3.63) is 36.9 Å². The van der Waals surface area contributed by atoms with Crippen molar-refractivity contribution in [1.82, 2.24) is 34.5 Å². The topological polar surface area (TPSA) is 80.0 Å². The number of carbonyl (C=O) groups is 1. The second-order valence-electron chi connectivity index (χ2n) is 6.35. The highest BCUT2D eigenvalue weighted by Crippen LogP contribution is 2.23. The van der Waals surface area contributed by atoms with Crippen molar-refractivity contribution in [2.75, 3.05) is 20.1 Å². The van der Waals surface area contributed by atoms with Crippen LogP contribution in [0.15, 0.2) is 31.4 Å². The SMILES string of the molecule is CN(C[C@@H]1C[C@H](F)CN1Cc1cncnc1)C(=O)CCn1cncn1. The zero-order chi connectivity index (χ0) is 17.6. The highest BCUT2D eigenvalue weighted by atomic mass is 19.1. The number of likely N-dealkylation sites (tertiary alicyclic amines) is 1. The molecule has 0 saturated carbocycles. The van der Waals surface area contributed by atoms with E-state index in [0.29, 0.717) is 39.0 Å². The van der Waals surface area contributed by atoms with Crippen LogP contribution in [0.25, 0.3) is 0 Å². The number of hydrogen-bond acceptors (Lipinski definition) is 6. The lowest BCUT2D eigenvalue weighted by molar-refractivity contribution is -0.130. The lowest BCUT2D eigenvalue weighted by Crippen LogP contribution is -2.41. The summed E-state index contributed by atoms with van der Waals surface area (Å²) in [6, 6.07) is -0.00414. The summed E-state index contributed by atoms with van der Waals surface area (Å²) in [4.78, 5) is 27.9. The number of halogens is 1. The molecule has 1 fully saturated rings. The Balaban J connectivity index is 1.53. The van der Waals surface area contributed by atoms with Gasteiger partial charge in [0.2, 0.25) is 5.91 Å². The first kappa shape index (κ1) is 17.4. The largest absolute Gasteiger partial charge is 0.344 e. The molecular formula is C16H22FN7O. The number of hydrogen-bond donors (Lipinski definition) is 0. The second kappa shape index (κ2) is 8.11. The molecule has 0 aliphatic carbocycles. The Kier molecular flexibility index (Phi) is 5.64. The molecule has 2 atom stereocenters. The van der Waals surface area contributed by atoms with Crippen LogP contribution in [0.4, 0.5) is 4.39 Å². The van der Waals surface area contributed by atoms with E-state index in [0.717, 1.165) is 5.56 Å². The number of alkyl halides is 1. The fourth-order valence-corrected chi connectivity index (χ4v) is 3.12. The molecular weight excluding hydrogens is 325 g/mol. The molecule has 0 N–H and O–H groups in total. The van der Waals surface area contributed by atoms with E-state index in [1.54, 1.807) is 35.4 Å². The van der Waals surface area contributed by atoms with Gasteiger partial charge in [0, 0.05) is 57.1 Å². The Bertz CT molecular complexity index is 666. The van der Waals surface area contributed by atoms with Gasteiger partial charge in [-0.05, 0) is 6.42 Å². The molecule has 0 aromatic carbocycles. The Morgan fingerprint density at radius 3 is 2.84 bits per heavy atom. The number of aromatic nitrogens is 5. The van der Waals surface area contributed by atoms with Crippen molar-refractivity contribution in [3.8, 4) is 0 Å². The maximum Gasteiger partial charge on any atom is 0.224 e. The zero-order valence-electron chi connectivity index (χ0n) is 14.2. The van der Waals surface area contributed by atoms with Crippen LogP contribution < -0.4 is 0 Å². The van der Waals surface area contributed by atoms with Crippen LogP contribution in [0, 0.1) is 0 Å². The van der Waals surface area contributed by atoms with E-state index in [-0.39, 0.29) is 11.9 Å². The molecule has 3 heterocycles. The van der Waals surface area contributed by atoms with E-state index in [1.807, 2.05) is 0 Å². The van der Waals surface area contributed by atoms with Gasteiger partial charge in [-0.25, -0.2) is 19.3 Å². The summed E-state index contributed by atoms with van der Waals surface area (Å²) in [5.41, 5.74) is 0.946. The molecule has 1 aliphatic rings. The minimum absolute atomic E-state index is 0.00414. The van der Waals surface area contributed by atoms with Crippen molar-refractivity contribution in [3.63, 3.8) is 0 Å². The van der Waals surface area contributed by atoms with Gasteiger partial charge in [0.25, 0.3) is 0 Å². The first-order chi connectivity index (χ1) is 12.1. The highest BCUT2D eigenvalue weighted by molar-refractivity contribution is 5.75. The van der Waals surface area contributed by atoms with Crippen LogP contribution >= 0.6 is 0 Å². The molecule has 2 aromatic heterocycles. The minimum Gasteiger partial charge on any atom is -0.344 e. The zero-order valence-corrected chi connectivity index (χ0v) is 14.2. The number of amides is 1. The van der Waals surface area contributed by atoms with Crippen LogP contribution in [-0.2, 0) is 17.9 Å². The monoisotopic (exact) mass is 347 g/mol. The molecule has 1 amide bonds. The van der Waals surface area contributed by atoms with Gasteiger partial charge >= 0.3 is 0 Å². The van der Waals surface area contributed by atoms with Crippen LogP contribution in [-0.4, -0.2) is 72.8 Å². The summed E-state index contributed by atoms with van der Waals surface area (Å²) in [5.74, 6) is 0.0146. The van der Waals surface area contributed by atoms with E-state index in [4.69, 9.17) is 0 Å². The summed E-state index contributed by atoms with van der Waals surface area (Å²) < 4.78 is 15.5. The number of likely N-dealkylation sites (N-methyl/N-ethyl adjacent to an activating group) is 1. The fourth-order valence-electron chi connectivity index (χ4n) is 3.12. The highest BCUT2D eigenvalue weighted by Gasteiger charge is 2.33. The lowest BCUT2D eigenvalue weighted by atomic mass is 10.2. The number of nitrogens with zero attached hydrogens (tertiary/aromatic N) is 7. The summed E-state index contributed by atoms with van der Waals surface area (Å²) in [7, 11) is 1.76. The smallest absolute Gasteiger partial charge is 0.224 e. The van der Waals surface area contributed by atoms with Crippen LogP contribution in [0.1, 0.15) is 18.4 Å². The lowest BCUT2D eigenvalue weighted by Gasteiger charge is -2.28. The van der Waals surface area contributed by atoms with Gasteiger partial charge in [-0.1, -0.05) is 0 Å². The Labute approximate surface area is 145 Å². The molecule has 25 heavy (non-hydrogen) atoms. The molecule has 3 rings (SSSR count). The van der Waals surface area contributed by atoms with Gasteiger partial charge < -0.3 is 4.90 Å². The van der Waals surface area contributed by atoms with Crippen molar-refractivity contribution >= 4 is 5.91 Å². The third-order valence-electron chi connectivity index (χ3n) is 4.41. The van der Waals surface area contributed by atoms with Gasteiger partial charge in [-0.3, -0.25) is 14.4 Å². The maximum absolute atomic E-state index is 13.9. The Hall–Kier alpha value is -2.42. The van der Waals surface area contributed by atoms with Crippen molar-refractivity contribution in [1.29, 1.82) is 0 Å². The first-order valence-electron chi connectivity index (χ1n) is 8.30. The number of aryl methyl sites for hydroxylation is 1. The first-order valence-corrected chi connectivity index (χ1v) is 8.30. The molecule has 1 aliphatic heterocycles. The summed E-state index contributed by atoms with van der Waals surface area (Å²) in [5, 5.41) is 3.98. The third kappa shape index (κ3) is 4.79. The van der Waals surface area contributed by atoms with Gasteiger partial charge in [0.1, 0.15) is 25.2 Å². The normalized spacial score (nSPS) is 20.7. The molecule has 0 bridgehead atoms. The molecule has 0 radical (unpaired) electrons. The summed E-state index contributed by atoms with van der Waals surface area (Å²) in [6.07, 6.45) is 7.90. The van der Waals surface area contributed by atoms with E-state index in [9.17, 15) is 9.18 Å². The maximum atomic E-state index is 13.9. The predicted octanol–water partition coefficient (Wildman–Crippen LogP) is 0.529. The minimum atomic E-state index is -0.867. The average Bonchev–Trinajstić information content (AvgIpc) is 3.23. The quantitative estimate of drug-likeness (QED) is 0.727. The van der Waals surface area contributed by atoms with Gasteiger partial charge in [0.15, 0.2) is 0 Å². The van der Waals surface area contributed by atoms with Crippen molar-refractivity contribution in [2.24, 2.45) is 0 Å². The Morgan fingerprint density at radius 2 is 2.12 bits per heavy atom. The van der Waals surface area contributed by atoms with Gasteiger partial charge in [-0.15, -0.1) is 0 Å². The van der Waals surface area contributed by atoms with E-state index >= 15 is 0 Å². The molecule has 2 aromatic rings. The summed E-state index contributed by atoms with van der Waals surface area (Å²) >= 11 is 0. The van der Waals surface area contributed by atoms with Crippen LogP contribution in [0.3, 0.4) is 0 Å². The molecule has 0 unspecified atom stereocenters.